The Morgan fingerprint density at radius 3 is 2.04 bits per heavy atom. The predicted molar refractivity (Wildman–Crippen MR) is 165 cm³/mol. The Kier molecular flexibility index (Phi) is 16.5. The highest BCUT2D eigenvalue weighted by Crippen LogP contribution is 2.31. The molecule has 0 saturated carbocycles. The topological polar surface area (TPSA) is 255 Å². The molecular weight excluding hydrogens is 640 g/mol. The van der Waals surface area contributed by atoms with E-state index in [1.807, 2.05) is 0 Å². The first-order valence-electron chi connectivity index (χ1n) is 16.6. The fraction of sp³-hybridized carbons (Fsp3) is 0.871. The zero-order valence-electron chi connectivity index (χ0n) is 27.7. The molecule has 3 rings (SSSR count). The van der Waals surface area contributed by atoms with Gasteiger partial charge in [0.2, 0.25) is 11.8 Å². The van der Waals surface area contributed by atoms with Gasteiger partial charge in [0.1, 0.15) is 61.0 Å². The summed E-state index contributed by atoms with van der Waals surface area (Å²) in [4.78, 5) is 24.1. The maximum atomic E-state index is 12.2. The SMILES string of the molecule is C=CC(=O)N[C@H]1[C@H](O)[C@H](O[C@@H]2O[C@H](CO)[C@@H](O)[C@H](O)[C@H]2NC(C)=O)[C@@H](OC[C@H]2O[C@@H](OCCCCCCCC)[C@H](O)[C@@H](O)[C@@H]2O)O[C@@H]1C. The van der Waals surface area contributed by atoms with Crippen LogP contribution in [0.5, 0.6) is 0 Å². The van der Waals surface area contributed by atoms with Gasteiger partial charge in [-0.2, -0.15) is 0 Å². The number of carbonyl (C=O) groups is 2. The van der Waals surface area contributed by atoms with Gasteiger partial charge < -0.3 is 74.8 Å². The van der Waals surface area contributed by atoms with Crippen LogP contribution in [0.15, 0.2) is 12.7 Å². The molecule has 0 aromatic carbocycles. The summed E-state index contributed by atoms with van der Waals surface area (Å²) in [6.07, 6.45) is -11.9. The second kappa shape index (κ2) is 19.5. The van der Waals surface area contributed by atoms with Crippen LogP contribution in [0.3, 0.4) is 0 Å². The molecule has 278 valence electrons. The fourth-order valence-electron chi connectivity index (χ4n) is 5.93. The number of carbonyl (C=O) groups excluding carboxylic acids is 2. The minimum Gasteiger partial charge on any atom is -0.394 e. The molecule has 17 heteroatoms. The number of hydrogen-bond donors (Lipinski definition) is 9. The molecule has 9 N–H and O–H groups in total. The Hall–Kier alpha value is -1.84. The molecule has 0 aromatic rings. The second-order valence-electron chi connectivity index (χ2n) is 12.5. The summed E-state index contributed by atoms with van der Waals surface area (Å²) in [5.41, 5.74) is 0. The van der Waals surface area contributed by atoms with Gasteiger partial charge in [0.25, 0.3) is 0 Å². The molecule has 17 nitrogen and oxygen atoms in total. The lowest BCUT2D eigenvalue weighted by Gasteiger charge is -2.48. The molecule has 3 saturated heterocycles. The van der Waals surface area contributed by atoms with E-state index in [2.05, 4.69) is 24.1 Å². The number of unbranched alkanes of at least 4 members (excludes halogenated alkanes) is 5. The van der Waals surface area contributed by atoms with Gasteiger partial charge in [-0.15, -0.1) is 0 Å². The summed E-state index contributed by atoms with van der Waals surface area (Å²) in [6.45, 7) is 7.30. The van der Waals surface area contributed by atoms with Crippen molar-refractivity contribution in [3.63, 3.8) is 0 Å². The van der Waals surface area contributed by atoms with Gasteiger partial charge in [-0.3, -0.25) is 9.59 Å². The van der Waals surface area contributed by atoms with Crippen LogP contribution in [-0.2, 0) is 38.0 Å². The lowest BCUT2D eigenvalue weighted by Crippen LogP contribution is -2.69. The van der Waals surface area contributed by atoms with Crippen molar-refractivity contribution in [2.24, 2.45) is 0 Å². The highest BCUT2D eigenvalue weighted by molar-refractivity contribution is 5.87. The van der Waals surface area contributed by atoms with Crippen molar-refractivity contribution in [1.82, 2.24) is 10.6 Å². The Morgan fingerprint density at radius 1 is 0.750 bits per heavy atom. The van der Waals surface area contributed by atoms with Gasteiger partial charge in [-0.1, -0.05) is 45.6 Å². The van der Waals surface area contributed by atoms with Gasteiger partial charge in [0.15, 0.2) is 18.9 Å². The molecule has 3 aliphatic rings. The van der Waals surface area contributed by atoms with Crippen LogP contribution in [0.4, 0.5) is 0 Å². The normalized spacial score (nSPS) is 40.2. The van der Waals surface area contributed by atoms with E-state index in [4.69, 9.17) is 28.4 Å². The summed E-state index contributed by atoms with van der Waals surface area (Å²) in [6, 6.07) is -2.46. The molecule has 15 atom stereocenters. The predicted octanol–water partition coefficient (Wildman–Crippen LogP) is -2.71. The van der Waals surface area contributed by atoms with Crippen molar-refractivity contribution in [3.8, 4) is 0 Å². The van der Waals surface area contributed by atoms with Crippen molar-refractivity contribution in [3.05, 3.63) is 12.7 Å². The van der Waals surface area contributed by atoms with Crippen molar-refractivity contribution in [2.75, 3.05) is 19.8 Å². The van der Waals surface area contributed by atoms with Crippen LogP contribution in [0.2, 0.25) is 0 Å². The average Bonchev–Trinajstić information content (AvgIpc) is 3.06. The van der Waals surface area contributed by atoms with Gasteiger partial charge in [-0.25, -0.2) is 0 Å². The van der Waals surface area contributed by atoms with E-state index in [-0.39, 0.29) is 6.61 Å². The number of hydrogen-bond acceptors (Lipinski definition) is 15. The smallest absolute Gasteiger partial charge is 0.243 e. The Balaban J connectivity index is 1.76. The monoisotopic (exact) mass is 694 g/mol. The van der Waals surface area contributed by atoms with E-state index >= 15 is 0 Å². The molecular formula is C31H54N2O15. The summed E-state index contributed by atoms with van der Waals surface area (Å²) in [5.74, 6) is -1.24. The minimum atomic E-state index is -1.66. The summed E-state index contributed by atoms with van der Waals surface area (Å²) < 4.78 is 35.0. The average molecular weight is 695 g/mol. The fourth-order valence-corrected chi connectivity index (χ4v) is 5.93. The van der Waals surface area contributed by atoms with E-state index in [0.717, 1.165) is 45.1 Å². The van der Waals surface area contributed by atoms with E-state index in [0.29, 0.717) is 6.42 Å². The van der Waals surface area contributed by atoms with Crippen LogP contribution in [-0.4, -0.2) is 159 Å². The van der Waals surface area contributed by atoms with Gasteiger partial charge in [0.05, 0.1) is 25.4 Å². The lowest BCUT2D eigenvalue weighted by atomic mass is 9.94. The molecule has 0 aliphatic carbocycles. The molecule has 3 aliphatic heterocycles. The van der Waals surface area contributed by atoms with Crippen molar-refractivity contribution < 1.29 is 73.8 Å². The number of ether oxygens (including phenoxy) is 6. The zero-order chi connectivity index (χ0) is 35.5. The first kappa shape index (κ1) is 40.6. The molecule has 0 unspecified atom stereocenters. The Labute approximate surface area is 280 Å². The number of rotatable bonds is 17. The molecule has 48 heavy (non-hydrogen) atoms. The standard InChI is InChI=1S/C31H54N2O15/c1-5-7-8-9-10-11-12-43-30-27(42)26(41)23(38)18(47-30)14-44-31-28(25(40)20(15(3)45-31)33-19(36)6-2)48-29-21(32-16(4)35)24(39)22(37)17(13-34)46-29/h6,15,17-18,20-31,34,37-42H,2,5,7-14H2,1,3-4H3,(H,32,35)(H,33,36)/t15-,17-,18-,20-,21-,22-,23-,24-,25+,26+,27-,28+,29+,30-,31+/m1/s1. The molecule has 2 amide bonds. The van der Waals surface area contributed by atoms with E-state index in [9.17, 15) is 45.3 Å². The quantitative estimate of drug-likeness (QED) is 0.0554. The number of aliphatic hydroxyl groups is 7. The maximum absolute atomic E-state index is 12.2. The third-order valence-electron chi connectivity index (χ3n) is 8.74. The molecule has 0 aromatic heterocycles. The first-order valence-corrected chi connectivity index (χ1v) is 16.6. The minimum absolute atomic E-state index is 0.250. The second-order valence-corrected chi connectivity index (χ2v) is 12.5. The molecule has 3 heterocycles. The third kappa shape index (κ3) is 10.6. The number of nitrogens with one attached hydrogen (secondary N) is 2. The van der Waals surface area contributed by atoms with Crippen molar-refractivity contribution in [1.29, 1.82) is 0 Å². The Bertz CT molecular complexity index is 1010. The van der Waals surface area contributed by atoms with Crippen LogP contribution < -0.4 is 10.6 Å². The van der Waals surface area contributed by atoms with Crippen LogP contribution in [0, 0.1) is 0 Å². The molecule has 3 fully saturated rings. The van der Waals surface area contributed by atoms with Crippen molar-refractivity contribution in [2.45, 2.75) is 151 Å². The zero-order valence-corrected chi connectivity index (χ0v) is 27.7. The number of amides is 2. The highest BCUT2D eigenvalue weighted by atomic mass is 16.8. The summed E-state index contributed by atoms with van der Waals surface area (Å²) in [7, 11) is 0. The summed E-state index contributed by atoms with van der Waals surface area (Å²) >= 11 is 0. The molecule has 0 radical (unpaired) electrons. The van der Waals surface area contributed by atoms with Gasteiger partial charge in [-0.05, 0) is 19.4 Å². The first-order chi connectivity index (χ1) is 22.8. The largest absolute Gasteiger partial charge is 0.394 e. The van der Waals surface area contributed by atoms with Crippen LogP contribution >= 0.6 is 0 Å². The number of aliphatic hydroxyl groups excluding tert-OH is 7. The third-order valence-corrected chi connectivity index (χ3v) is 8.74. The van der Waals surface area contributed by atoms with Crippen LogP contribution in [0.25, 0.3) is 0 Å². The van der Waals surface area contributed by atoms with Gasteiger partial charge >= 0.3 is 0 Å². The highest BCUT2D eigenvalue weighted by Gasteiger charge is 2.52. The van der Waals surface area contributed by atoms with Gasteiger partial charge in [0, 0.05) is 13.5 Å². The summed E-state index contributed by atoms with van der Waals surface area (Å²) in [5, 5.41) is 79.0. The molecule has 0 spiro atoms. The molecule has 0 bridgehead atoms. The van der Waals surface area contributed by atoms with Crippen LogP contribution in [0.1, 0.15) is 59.3 Å². The Morgan fingerprint density at radius 2 is 1.40 bits per heavy atom. The lowest BCUT2D eigenvalue weighted by molar-refractivity contribution is -0.352. The van der Waals surface area contributed by atoms with E-state index in [1.54, 1.807) is 6.92 Å². The van der Waals surface area contributed by atoms with E-state index in [1.165, 1.54) is 0 Å². The van der Waals surface area contributed by atoms with E-state index < -0.39 is 117 Å². The van der Waals surface area contributed by atoms with Crippen molar-refractivity contribution >= 4 is 11.8 Å². The maximum Gasteiger partial charge on any atom is 0.243 e.